The lowest BCUT2D eigenvalue weighted by atomic mass is 10.2. The number of rotatable bonds is 8. The third kappa shape index (κ3) is 5.41. The zero-order valence-corrected chi connectivity index (χ0v) is 19.8. The van der Waals surface area contributed by atoms with Crippen molar-refractivity contribution in [3.8, 4) is 0 Å². The molecule has 10 nitrogen and oxygen atoms in total. The number of urea groups is 1. The van der Waals surface area contributed by atoms with Crippen LogP contribution in [0.1, 0.15) is 51.0 Å². The van der Waals surface area contributed by atoms with E-state index in [0.717, 1.165) is 37.0 Å². The molecule has 5 amide bonds. The number of carbonyl (C=O) groups is 4. The lowest BCUT2D eigenvalue weighted by molar-refractivity contribution is -0.143. The summed E-state index contributed by atoms with van der Waals surface area (Å²) < 4.78 is 27.9. The summed E-state index contributed by atoms with van der Waals surface area (Å²) in [5, 5.41) is 2.54. The molecule has 2 aliphatic heterocycles. The van der Waals surface area contributed by atoms with Gasteiger partial charge in [0.25, 0.3) is 0 Å². The predicted molar refractivity (Wildman–Crippen MR) is 121 cm³/mol. The molecule has 33 heavy (non-hydrogen) atoms. The first-order chi connectivity index (χ1) is 15.7. The number of anilines is 1. The Hall–Kier alpha value is -2.79. The molecule has 0 aliphatic carbocycles. The Bertz CT molecular complexity index is 1050. The zero-order valence-electron chi connectivity index (χ0n) is 19.0. The summed E-state index contributed by atoms with van der Waals surface area (Å²) in [4.78, 5) is 50.7. The van der Waals surface area contributed by atoms with Crippen molar-refractivity contribution in [3.63, 3.8) is 0 Å². The average molecular weight is 479 g/mol. The molecule has 0 bridgehead atoms. The number of aryl methyl sites for hydroxylation is 1. The van der Waals surface area contributed by atoms with Gasteiger partial charge in [-0.3, -0.25) is 19.3 Å². The Kier molecular flexibility index (Phi) is 7.85. The summed E-state index contributed by atoms with van der Waals surface area (Å²) in [5.74, 6) is -2.69. The highest BCUT2D eigenvalue weighted by atomic mass is 32.2. The van der Waals surface area contributed by atoms with E-state index < -0.39 is 40.3 Å². The SMILES string of the molecule is CCCCN1C(=O)C(=O)N(CC(=O)Nc2ccc(C)c(S(=O)(=O)N3CCCCCC3)c2)C1=O. The minimum atomic E-state index is -3.73. The molecule has 2 saturated heterocycles. The second-order valence-corrected chi connectivity index (χ2v) is 10.2. The third-order valence-corrected chi connectivity index (χ3v) is 7.87. The molecule has 1 N–H and O–H groups in total. The predicted octanol–water partition coefficient (Wildman–Crippen LogP) is 2.09. The van der Waals surface area contributed by atoms with Crippen molar-refractivity contribution in [2.75, 3.05) is 31.5 Å². The number of hydrogen-bond donors (Lipinski definition) is 1. The Morgan fingerprint density at radius 1 is 1.00 bits per heavy atom. The highest BCUT2D eigenvalue weighted by Gasteiger charge is 2.44. The molecular weight excluding hydrogens is 448 g/mol. The topological polar surface area (TPSA) is 124 Å². The highest BCUT2D eigenvalue weighted by molar-refractivity contribution is 7.89. The molecule has 0 spiro atoms. The average Bonchev–Trinajstić information content (AvgIpc) is 2.99. The highest BCUT2D eigenvalue weighted by Crippen LogP contribution is 2.26. The Balaban J connectivity index is 1.72. The molecule has 11 heteroatoms. The van der Waals surface area contributed by atoms with Gasteiger partial charge in [0.15, 0.2) is 0 Å². The monoisotopic (exact) mass is 478 g/mol. The van der Waals surface area contributed by atoms with Crippen molar-refractivity contribution in [1.29, 1.82) is 0 Å². The summed E-state index contributed by atoms with van der Waals surface area (Å²) >= 11 is 0. The second kappa shape index (κ2) is 10.4. The summed E-state index contributed by atoms with van der Waals surface area (Å²) in [5.41, 5.74) is 0.784. The van der Waals surface area contributed by atoms with E-state index >= 15 is 0 Å². The molecule has 2 aliphatic rings. The number of amides is 5. The molecule has 0 unspecified atom stereocenters. The molecule has 0 radical (unpaired) electrons. The van der Waals surface area contributed by atoms with E-state index in [1.807, 2.05) is 6.92 Å². The van der Waals surface area contributed by atoms with Crippen LogP contribution >= 0.6 is 0 Å². The van der Waals surface area contributed by atoms with Crippen LogP contribution in [-0.4, -0.2) is 72.5 Å². The van der Waals surface area contributed by atoms with Crippen molar-refractivity contribution < 1.29 is 27.6 Å². The normalized spacial score (nSPS) is 18.1. The maximum absolute atomic E-state index is 13.2. The maximum Gasteiger partial charge on any atom is 0.334 e. The minimum Gasteiger partial charge on any atom is -0.324 e. The molecule has 1 aromatic rings. The quantitative estimate of drug-likeness (QED) is 0.451. The van der Waals surface area contributed by atoms with E-state index in [0.29, 0.717) is 30.0 Å². The minimum absolute atomic E-state index is 0.108. The Labute approximate surface area is 193 Å². The molecular formula is C22H30N4O6S. The molecule has 0 saturated carbocycles. The van der Waals surface area contributed by atoms with Crippen molar-refractivity contribution in [2.24, 2.45) is 0 Å². The number of sulfonamides is 1. The summed E-state index contributed by atoms with van der Waals surface area (Å²) in [7, 11) is -3.73. The van der Waals surface area contributed by atoms with Gasteiger partial charge < -0.3 is 5.32 Å². The number of unbranched alkanes of at least 4 members (excludes halogenated alkanes) is 1. The van der Waals surface area contributed by atoms with Gasteiger partial charge >= 0.3 is 17.8 Å². The van der Waals surface area contributed by atoms with Crippen LogP contribution in [0.2, 0.25) is 0 Å². The second-order valence-electron chi connectivity index (χ2n) is 8.33. The first-order valence-electron chi connectivity index (χ1n) is 11.2. The van der Waals surface area contributed by atoms with E-state index in [2.05, 4.69) is 5.32 Å². The molecule has 180 valence electrons. The number of nitrogens with one attached hydrogen (secondary N) is 1. The first-order valence-corrected chi connectivity index (χ1v) is 12.7. The Morgan fingerprint density at radius 3 is 2.27 bits per heavy atom. The third-order valence-electron chi connectivity index (χ3n) is 5.83. The molecule has 1 aromatic carbocycles. The molecule has 0 atom stereocenters. The Morgan fingerprint density at radius 2 is 1.64 bits per heavy atom. The van der Waals surface area contributed by atoms with E-state index in [9.17, 15) is 27.6 Å². The van der Waals surface area contributed by atoms with Gasteiger partial charge in [-0.2, -0.15) is 4.31 Å². The summed E-state index contributed by atoms with van der Waals surface area (Å²) in [6.45, 7) is 3.98. The fraction of sp³-hybridized carbons (Fsp3) is 0.545. The fourth-order valence-electron chi connectivity index (χ4n) is 3.92. The number of benzene rings is 1. The van der Waals surface area contributed by atoms with Gasteiger partial charge in [0.2, 0.25) is 15.9 Å². The van der Waals surface area contributed by atoms with E-state index in [4.69, 9.17) is 0 Å². The number of nitrogens with zero attached hydrogens (tertiary/aromatic N) is 3. The van der Waals surface area contributed by atoms with Gasteiger partial charge in [-0.25, -0.2) is 18.1 Å². The summed E-state index contributed by atoms with van der Waals surface area (Å²) in [6, 6.07) is 3.73. The summed E-state index contributed by atoms with van der Waals surface area (Å²) in [6.07, 6.45) is 4.90. The van der Waals surface area contributed by atoms with Crippen LogP contribution in [-0.2, 0) is 24.4 Å². The van der Waals surface area contributed by atoms with Crippen molar-refractivity contribution in [2.45, 2.75) is 57.3 Å². The van der Waals surface area contributed by atoms with E-state index in [1.54, 1.807) is 19.1 Å². The van der Waals surface area contributed by atoms with Crippen LogP contribution in [0.25, 0.3) is 0 Å². The zero-order chi connectivity index (χ0) is 24.2. The number of carbonyl (C=O) groups excluding carboxylic acids is 4. The van der Waals surface area contributed by atoms with E-state index in [1.165, 1.54) is 10.4 Å². The van der Waals surface area contributed by atoms with Crippen LogP contribution in [0.4, 0.5) is 10.5 Å². The van der Waals surface area contributed by atoms with Crippen LogP contribution in [0.5, 0.6) is 0 Å². The van der Waals surface area contributed by atoms with Crippen molar-refractivity contribution in [1.82, 2.24) is 14.1 Å². The van der Waals surface area contributed by atoms with Crippen molar-refractivity contribution >= 4 is 39.5 Å². The van der Waals surface area contributed by atoms with Gasteiger partial charge in [0.05, 0.1) is 4.90 Å². The number of hydrogen-bond acceptors (Lipinski definition) is 6. The lowest BCUT2D eigenvalue weighted by Crippen LogP contribution is -2.39. The van der Waals surface area contributed by atoms with Gasteiger partial charge in [-0.05, 0) is 43.9 Å². The van der Waals surface area contributed by atoms with Crippen molar-refractivity contribution in [3.05, 3.63) is 23.8 Å². The van der Waals surface area contributed by atoms with Crippen LogP contribution < -0.4 is 5.32 Å². The molecule has 0 aromatic heterocycles. The number of imide groups is 2. The van der Waals surface area contributed by atoms with Gasteiger partial charge in [0.1, 0.15) is 6.54 Å². The maximum atomic E-state index is 13.2. The van der Waals surface area contributed by atoms with E-state index in [-0.39, 0.29) is 17.1 Å². The molecule has 2 fully saturated rings. The molecule has 2 heterocycles. The molecule has 3 rings (SSSR count). The largest absolute Gasteiger partial charge is 0.334 e. The first kappa shape index (κ1) is 24.8. The van der Waals surface area contributed by atoms with Gasteiger partial charge in [-0.15, -0.1) is 0 Å². The van der Waals surface area contributed by atoms with Gasteiger partial charge in [-0.1, -0.05) is 32.3 Å². The standard InChI is InChI=1S/C22H30N4O6S/c1-3-4-13-25-20(28)21(29)26(22(25)30)15-19(27)23-17-10-9-16(2)18(14-17)33(31,32)24-11-7-5-6-8-12-24/h9-10,14H,3-8,11-13,15H2,1-2H3,(H,23,27). The van der Waals surface area contributed by atoms with Crippen LogP contribution in [0.15, 0.2) is 23.1 Å². The van der Waals surface area contributed by atoms with Gasteiger partial charge in [0, 0.05) is 25.3 Å². The van der Waals surface area contributed by atoms with Crippen LogP contribution in [0, 0.1) is 6.92 Å². The van der Waals surface area contributed by atoms with Crippen LogP contribution in [0.3, 0.4) is 0 Å². The fourth-order valence-corrected chi connectivity index (χ4v) is 5.69. The smallest absolute Gasteiger partial charge is 0.324 e. The lowest BCUT2D eigenvalue weighted by Gasteiger charge is -2.21.